The summed E-state index contributed by atoms with van der Waals surface area (Å²) in [6.45, 7) is 8.27. The molecule has 1 aliphatic heterocycles. The molecule has 3 rings (SSSR count). The molecule has 114 valence electrons. The van der Waals surface area contributed by atoms with Gasteiger partial charge in [-0.15, -0.1) is 0 Å². The van der Waals surface area contributed by atoms with Gasteiger partial charge in [0.15, 0.2) is 0 Å². The van der Waals surface area contributed by atoms with E-state index in [2.05, 4.69) is 52.6 Å². The van der Waals surface area contributed by atoms with E-state index in [1.165, 1.54) is 55.4 Å². The molecule has 0 aliphatic carbocycles. The summed E-state index contributed by atoms with van der Waals surface area (Å²) in [5.74, 6) is 0.932. The van der Waals surface area contributed by atoms with Gasteiger partial charge in [-0.05, 0) is 63.0 Å². The van der Waals surface area contributed by atoms with Crippen molar-refractivity contribution >= 4 is 10.9 Å². The summed E-state index contributed by atoms with van der Waals surface area (Å²) in [5.41, 5.74) is 2.61. The maximum Gasteiger partial charge on any atom is 0.0457 e. The average molecular weight is 285 g/mol. The highest BCUT2D eigenvalue weighted by molar-refractivity contribution is 5.82. The summed E-state index contributed by atoms with van der Waals surface area (Å²) >= 11 is 0. The molecule has 2 N–H and O–H groups in total. The Bertz CT molecular complexity index is 552. The van der Waals surface area contributed by atoms with Crippen LogP contribution < -0.4 is 5.32 Å². The Morgan fingerprint density at radius 2 is 2.05 bits per heavy atom. The molecule has 21 heavy (non-hydrogen) atoms. The monoisotopic (exact) mass is 285 g/mol. The van der Waals surface area contributed by atoms with E-state index in [0.29, 0.717) is 0 Å². The van der Waals surface area contributed by atoms with E-state index in [0.717, 1.165) is 19.0 Å². The summed E-state index contributed by atoms with van der Waals surface area (Å²) in [7, 11) is 0. The summed E-state index contributed by atoms with van der Waals surface area (Å²) < 4.78 is 0. The minimum Gasteiger partial charge on any atom is -0.361 e. The SMILES string of the molecule is CC1CCN(CCCNCc2c[nH]c3ccccc23)CC1. The molecule has 0 atom stereocenters. The molecule has 0 amide bonds. The highest BCUT2D eigenvalue weighted by atomic mass is 15.1. The number of likely N-dealkylation sites (tertiary alicyclic amines) is 1. The fourth-order valence-corrected chi connectivity index (χ4v) is 3.21. The van der Waals surface area contributed by atoms with Gasteiger partial charge in [0.1, 0.15) is 0 Å². The van der Waals surface area contributed by atoms with Gasteiger partial charge >= 0.3 is 0 Å². The maximum absolute atomic E-state index is 3.58. The van der Waals surface area contributed by atoms with Crippen LogP contribution in [0.15, 0.2) is 30.5 Å². The van der Waals surface area contributed by atoms with Crippen LogP contribution in [0.5, 0.6) is 0 Å². The first-order chi connectivity index (χ1) is 10.3. The molecule has 2 aromatic rings. The van der Waals surface area contributed by atoms with Crippen LogP contribution in [-0.2, 0) is 6.54 Å². The highest BCUT2D eigenvalue weighted by Gasteiger charge is 2.14. The molecular weight excluding hydrogens is 258 g/mol. The van der Waals surface area contributed by atoms with Crippen LogP contribution in [-0.4, -0.2) is 36.1 Å². The van der Waals surface area contributed by atoms with Crippen molar-refractivity contribution in [1.29, 1.82) is 0 Å². The van der Waals surface area contributed by atoms with E-state index in [1.54, 1.807) is 0 Å². The first-order valence-corrected chi connectivity index (χ1v) is 8.31. The largest absolute Gasteiger partial charge is 0.361 e. The third kappa shape index (κ3) is 3.86. The van der Waals surface area contributed by atoms with Crippen molar-refractivity contribution in [2.75, 3.05) is 26.2 Å². The summed E-state index contributed by atoms with van der Waals surface area (Å²) in [4.78, 5) is 5.96. The number of nitrogens with zero attached hydrogens (tertiary/aromatic N) is 1. The first-order valence-electron chi connectivity index (χ1n) is 8.31. The van der Waals surface area contributed by atoms with Gasteiger partial charge < -0.3 is 15.2 Å². The Kier molecular flexibility index (Phi) is 4.94. The number of hydrogen-bond acceptors (Lipinski definition) is 2. The summed E-state index contributed by atoms with van der Waals surface area (Å²) in [6.07, 6.45) is 6.13. The maximum atomic E-state index is 3.58. The molecule has 1 aromatic heterocycles. The van der Waals surface area contributed by atoms with Crippen LogP contribution in [0.2, 0.25) is 0 Å². The molecule has 2 heterocycles. The number of hydrogen-bond donors (Lipinski definition) is 2. The van der Waals surface area contributed by atoms with Crippen LogP contribution >= 0.6 is 0 Å². The van der Waals surface area contributed by atoms with Crippen LogP contribution in [0.4, 0.5) is 0 Å². The van der Waals surface area contributed by atoms with Crippen molar-refractivity contribution in [2.24, 2.45) is 5.92 Å². The Balaban J connectivity index is 1.37. The number of fused-ring (bicyclic) bond motifs is 1. The van der Waals surface area contributed by atoms with Gasteiger partial charge in [-0.3, -0.25) is 0 Å². The molecule has 0 spiro atoms. The average Bonchev–Trinajstić information content (AvgIpc) is 2.92. The lowest BCUT2D eigenvalue weighted by Gasteiger charge is -2.30. The van der Waals surface area contributed by atoms with E-state index in [1.807, 2.05) is 0 Å². The topological polar surface area (TPSA) is 31.1 Å². The zero-order chi connectivity index (χ0) is 14.5. The minimum atomic E-state index is 0.932. The Hall–Kier alpha value is -1.32. The molecule has 1 aliphatic rings. The fraction of sp³-hybridized carbons (Fsp3) is 0.556. The van der Waals surface area contributed by atoms with Crippen LogP contribution in [0, 0.1) is 5.92 Å². The van der Waals surface area contributed by atoms with Crippen LogP contribution in [0.3, 0.4) is 0 Å². The molecule has 0 saturated carbocycles. The fourth-order valence-electron chi connectivity index (χ4n) is 3.21. The van der Waals surface area contributed by atoms with Crippen LogP contribution in [0.25, 0.3) is 10.9 Å². The van der Waals surface area contributed by atoms with Gasteiger partial charge in [-0.1, -0.05) is 25.1 Å². The van der Waals surface area contributed by atoms with Gasteiger partial charge in [-0.2, -0.15) is 0 Å². The van der Waals surface area contributed by atoms with Crippen molar-refractivity contribution in [3.05, 3.63) is 36.0 Å². The van der Waals surface area contributed by atoms with Gasteiger partial charge in [0, 0.05) is 23.6 Å². The predicted octanol–water partition coefficient (Wildman–Crippen LogP) is 3.38. The Morgan fingerprint density at radius 1 is 1.24 bits per heavy atom. The Labute approximate surface area is 127 Å². The number of piperidine rings is 1. The van der Waals surface area contributed by atoms with Gasteiger partial charge in [0.25, 0.3) is 0 Å². The van der Waals surface area contributed by atoms with Crippen molar-refractivity contribution in [3.63, 3.8) is 0 Å². The van der Waals surface area contributed by atoms with Crippen molar-refractivity contribution in [3.8, 4) is 0 Å². The number of nitrogens with one attached hydrogen (secondary N) is 2. The van der Waals surface area contributed by atoms with Crippen molar-refractivity contribution < 1.29 is 0 Å². The molecule has 0 unspecified atom stereocenters. The van der Waals surface area contributed by atoms with E-state index < -0.39 is 0 Å². The second-order valence-electron chi connectivity index (χ2n) is 6.41. The molecule has 1 aromatic carbocycles. The Morgan fingerprint density at radius 3 is 2.90 bits per heavy atom. The number of rotatable bonds is 6. The number of aromatic nitrogens is 1. The lowest BCUT2D eigenvalue weighted by Crippen LogP contribution is -2.34. The van der Waals surface area contributed by atoms with Crippen LogP contribution in [0.1, 0.15) is 31.7 Å². The molecule has 1 fully saturated rings. The van der Waals surface area contributed by atoms with E-state index in [4.69, 9.17) is 0 Å². The first kappa shape index (κ1) is 14.6. The minimum absolute atomic E-state index is 0.932. The summed E-state index contributed by atoms with van der Waals surface area (Å²) in [5, 5.41) is 4.92. The predicted molar refractivity (Wildman–Crippen MR) is 89.5 cm³/mol. The molecular formula is C18H27N3. The molecule has 1 saturated heterocycles. The van der Waals surface area contributed by atoms with E-state index in [-0.39, 0.29) is 0 Å². The highest BCUT2D eigenvalue weighted by Crippen LogP contribution is 2.17. The second-order valence-corrected chi connectivity index (χ2v) is 6.41. The lowest BCUT2D eigenvalue weighted by molar-refractivity contribution is 0.190. The number of benzene rings is 1. The molecule has 3 heteroatoms. The number of aromatic amines is 1. The third-order valence-electron chi connectivity index (χ3n) is 4.69. The van der Waals surface area contributed by atoms with Gasteiger partial charge in [-0.25, -0.2) is 0 Å². The molecule has 0 radical (unpaired) electrons. The zero-order valence-electron chi connectivity index (χ0n) is 13.1. The van der Waals surface area contributed by atoms with Crippen molar-refractivity contribution in [1.82, 2.24) is 15.2 Å². The second kappa shape index (κ2) is 7.10. The lowest BCUT2D eigenvalue weighted by atomic mass is 9.99. The smallest absolute Gasteiger partial charge is 0.0457 e. The normalized spacial score (nSPS) is 17.6. The van der Waals surface area contributed by atoms with E-state index in [9.17, 15) is 0 Å². The number of H-pyrrole nitrogens is 1. The van der Waals surface area contributed by atoms with Crippen molar-refractivity contribution in [2.45, 2.75) is 32.7 Å². The zero-order valence-corrected chi connectivity index (χ0v) is 13.1. The molecule has 3 nitrogen and oxygen atoms in total. The number of para-hydroxylation sites is 1. The third-order valence-corrected chi connectivity index (χ3v) is 4.69. The summed E-state index contributed by atoms with van der Waals surface area (Å²) in [6, 6.07) is 8.51. The van der Waals surface area contributed by atoms with Gasteiger partial charge in [0.05, 0.1) is 0 Å². The van der Waals surface area contributed by atoms with Gasteiger partial charge in [0.2, 0.25) is 0 Å². The quantitative estimate of drug-likeness (QED) is 0.797. The standard InChI is InChI=1S/C18H27N3/c1-15-7-11-21(12-8-15)10-4-9-19-13-16-14-20-18-6-3-2-5-17(16)18/h2-3,5-6,14-15,19-20H,4,7-13H2,1H3. The molecule has 0 bridgehead atoms. The van der Waals surface area contributed by atoms with E-state index >= 15 is 0 Å².